The van der Waals surface area contributed by atoms with Crippen molar-refractivity contribution in [3.05, 3.63) is 0 Å². The van der Waals surface area contributed by atoms with Gasteiger partial charge in [0.15, 0.2) is 0 Å². The van der Waals surface area contributed by atoms with Gasteiger partial charge >= 0.3 is 11.9 Å². The van der Waals surface area contributed by atoms with Gasteiger partial charge in [-0.2, -0.15) is 0 Å². The molecule has 168 valence electrons. The Labute approximate surface area is 172 Å². The van der Waals surface area contributed by atoms with E-state index in [1.54, 1.807) is 0 Å². The van der Waals surface area contributed by atoms with Crippen LogP contribution in [0, 0.1) is 0 Å². The molecule has 3 unspecified atom stereocenters. The van der Waals surface area contributed by atoms with Gasteiger partial charge in [0.1, 0.15) is 18.6 Å². The van der Waals surface area contributed by atoms with Crippen LogP contribution in [0.25, 0.3) is 0 Å². The van der Waals surface area contributed by atoms with E-state index >= 15 is 0 Å². The van der Waals surface area contributed by atoms with Gasteiger partial charge in [-0.05, 0) is 25.7 Å². The third-order valence-corrected chi connectivity index (χ3v) is 4.55. The predicted molar refractivity (Wildman–Crippen MR) is 101 cm³/mol. The monoisotopic (exact) mass is 429 g/mol. The first-order valence-electron chi connectivity index (χ1n) is 9.39. The summed E-state index contributed by atoms with van der Waals surface area (Å²) in [6.07, 6.45) is 0.0679. The minimum absolute atomic E-state index is 0.0256. The fourth-order valence-corrected chi connectivity index (χ4v) is 3.03. The number of primary amides is 1. The van der Waals surface area contributed by atoms with Crippen molar-refractivity contribution in [1.29, 1.82) is 0 Å². The van der Waals surface area contributed by atoms with Crippen LogP contribution in [0.4, 0.5) is 0 Å². The van der Waals surface area contributed by atoms with Crippen molar-refractivity contribution in [3.63, 3.8) is 0 Å². The number of carboxylic acids is 2. The fraction of sp³-hybridized carbons (Fsp3) is 0.647. The largest absolute Gasteiger partial charge is 0.481 e. The molecule has 30 heavy (non-hydrogen) atoms. The standard InChI is InChI=1S/C17H27N5O8/c18-9(3-5-12(19)23)17(30)22-7-1-2-11(22)16(29)21-10(4-6-13(24)25)15(28)20-8-14(26)27/h9-11H,1-8,18H2,(H2,19,23)(H,20,28)(H,21,29)(H,24,25)(H,26,27). The number of hydrogen-bond acceptors (Lipinski definition) is 7. The summed E-state index contributed by atoms with van der Waals surface area (Å²) in [5.41, 5.74) is 10.8. The Kier molecular flexibility index (Phi) is 9.68. The number of nitrogens with two attached hydrogens (primary N) is 2. The number of amides is 4. The van der Waals surface area contributed by atoms with Crippen LogP contribution in [0.1, 0.15) is 38.5 Å². The molecule has 1 fully saturated rings. The Morgan fingerprint density at radius 1 is 1.03 bits per heavy atom. The van der Waals surface area contributed by atoms with Crippen molar-refractivity contribution in [1.82, 2.24) is 15.5 Å². The summed E-state index contributed by atoms with van der Waals surface area (Å²) in [6.45, 7) is -0.437. The van der Waals surface area contributed by atoms with E-state index in [-0.39, 0.29) is 25.8 Å². The average molecular weight is 429 g/mol. The molecule has 0 aliphatic carbocycles. The van der Waals surface area contributed by atoms with E-state index in [1.165, 1.54) is 4.90 Å². The molecule has 4 amide bonds. The minimum Gasteiger partial charge on any atom is -0.481 e. The summed E-state index contributed by atoms with van der Waals surface area (Å²) in [5.74, 6) is -5.17. The van der Waals surface area contributed by atoms with Crippen LogP contribution in [0.15, 0.2) is 0 Å². The Bertz CT molecular complexity index is 698. The van der Waals surface area contributed by atoms with Crippen LogP contribution in [-0.2, 0) is 28.8 Å². The molecule has 0 aromatic rings. The van der Waals surface area contributed by atoms with Crippen LogP contribution in [-0.4, -0.2) is 81.9 Å². The van der Waals surface area contributed by atoms with Gasteiger partial charge in [0.25, 0.3) is 0 Å². The second-order valence-corrected chi connectivity index (χ2v) is 6.91. The number of carbonyl (C=O) groups is 6. The van der Waals surface area contributed by atoms with Gasteiger partial charge < -0.3 is 37.2 Å². The van der Waals surface area contributed by atoms with Crippen molar-refractivity contribution < 1.29 is 39.0 Å². The maximum Gasteiger partial charge on any atom is 0.322 e. The van der Waals surface area contributed by atoms with Gasteiger partial charge in [-0.1, -0.05) is 0 Å². The van der Waals surface area contributed by atoms with Crippen LogP contribution in [0.5, 0.6) is 0 Å². The first kappa shape index (κ1) is 24.8. The third kappa shape index (κ3) is 8.03. The maximum absolute atomic E-state index is 12.7. The molecule has 1 aliphatic heterocycles. The number of nitrogens with one attached hydrogen (secondary N) is 2. The minimum atomic E-state index is -1.30. The molecule has 0 aromatic carbocycles. The van der Waals surface area contributed by atoms with Crippen LogP contribution >= 0.6 is 0 Å². The van der Waals surface area contributed by atoms with Crippen LogP contribution in [0.3, 0.4) is 0 Å². The molecule has 0 bridgehead atoms. The van der Waals surface area contributed by atoms with Crippen molar-refractivity contribution in [2.45, 2.75) is 56.7 Å². The number of likely N-dealkylation sites (tertiary alicyclic amines) is 1. The molecule has 13 nitrogen and oxygen atoms in total. The predicted octanol–water partition coefficient (Wildman–Crippen LogP) is -2.88. The second kappa shape index (κ2) is 11.7. The van der Waals surface area contributed by atoms with E-state index in [4.69, 9.17) is 21.7 Å². The lowest BCUT2D eigenvalue weighted by Crippen LogP contribution is -2.55. The highest BCUT2D eigenvalue weighted by Crippen LogP contribution is 2.19. The Hall–Kier alpha value is -3.22. The Balaban J connectivity index is 2.80. The lowest BCUT2D eigenvalue weighted by atomic mass is 10.1. The SMILES string of the molecule is NC(=O)CCC(N)C(=O)N1CCCC1C(=O)NC(CCC(=O)O)C(=O)NCC(=O)O. The molecule has 0 spiro atoms. The molecule has 0 aromatic heterocycles. The summed E-state index contributed by atoms with van der Waals surface area (Å²) in [7, 11) is 0. The van der Waals surface area contributed by atoms with E-state index in [2.05, 4.69) is 10.6 Å². The summed E-state index contributed by atoms with van der Waals surface area (Å²) < 4.78 is 0. The molecule has 1 heterocycles. The first-order valence-corrected chi connectivity index (χ1v) is 9.39. The quantitative estimate of drug-likeness (QED) is 0.187. The number of hydrogen-bond donors (Lipinski definition) is 6. The maximum atomic E-state index is 12.7. The van der Waals surface area contributed by atoms with Gasteiger partial charge in [0.05, 0.1) is 6.04 Å². The van der Waals surface area contributed by atoms with Gasteiger partial charge in [-0.25, -0.2) is 0 Å². The van der Waals surface area contributed by atoms with Crippen LogP contribution in [0.2, 0.25) is 0 Å². The van der Waals surface area contributed by atoms with Gasteiger partial charge in [0, 0.05) is 19.4 Å². The Morgan fingerprint density at radius 2 is 1.70 bits per heavy atom. The second-order valence-electron chi connectivity index (χ2n) is 6.91. The van der Waals surface area contributed by atoms with Crippen LogP contribution < -0.4 is 22.1 Å². The normalized spacial score (nSPS) is 17.6. The first-order chi connectivity index (χ1) is 14.0. The number of carboxylic acid groups (broad SMARTS) is 2. The average Bonchev–Trinajstić information content (AvgIpc) is 3.16. The van der Waals surface area contributed by atoms with E-state index in [9.17, 15) is 28.8 Å². The molecule has 3 atom stereocenters. The zero-order valence-corrected chi connectivity index (χ0v) is 16.3. The Morgan fingerprint density at radius 3 is 2.27 bits per heavy atom. The third-order valence-electron chi connectivity index (χ3n) is 4.55. The molecular weight excluding hydrogens is 402 g/mol. The van der Waals surface area contributed by atoms with Gasteiger partial charge in [0.2, 0.25) is 23.6 Å². The molecule has 1 rings (SSSR count). The zero-order chi connectivity index (χ0) is 22.8. The highest BCUT2D eigenvalue weighted by molar-refractivity contribution is 5.94. The zero-order valence-electron chi connectivity index (χ0n) is 16.3. The summed E-state index contributed by atoms with van der Waals surface area (Å²) in [5, 5.41) is 22.0. The molecular formula is C17H27N5O8. The molecule has 8 N–H and O–H groups in total. The van der Waals surface area contributed by atoms with Crippen molar-refractivity contribution in [2.75, 3.05) is 13.1 Å². The molecule has 1 aliphatic rings. The molecule has 1 saturated heterocycles. The highest BCUT2D eigenvalue weighted by atomic mass is 16.4. The smallest absolute Gasteiger partial charge is 0.322 e. The van der Waals surface area contributed by atoms with Crippen molar-refractivity contribution in [3.8, 4) is 0 Å². The summed E-state index contributed by atoms with van der Waals surface area (Å²) in [6, 6.07) is -3.22. The molecule has 13 heteroatoms. The van der Waals surface area contributed by atoms with Gasteiger partial charge in [-0.15, -0.1) is 0 Å². The van der Waals surface area contributed by atoms with Crippen molar-refractivity contribution in [2.24, 2.45) is 11.5 Å². The molecule has 0 saturated carbocycles. The number of nitrogens with zero attached hydrogens (tertiary/aromatic N) is 1. The van der Waals surface area contributed by atoms with E-state index in [0.717, 1.165) is 0 Å². The lowest BCUT2D eigenvalue weighted by Gasteiger charge is -2.28. The summed E-state index contributed by atoms with van der Waals surface area (Å²) >= 11 is 0. The molecule has 0 radical (unpaired) electrons. The van der Waals surface area contributed by atoms with E-state index < -0.39 is 66.7 Å². The van der Waals surface area contributed by atoms with E-state index in [1.807, 2.05) is 0 Å². The topological polar surface area (TPSA) is 222 Å². The summed E-state index contributed by atoms with van der Waals surface area (Å²) in [4.78, 5) is 70.9. The highest BCUT2D eigenvalue weighted by Gasteiger charge is 2.37. The lowest BCUT2D eigenvalue weighted by molar-refractivity contribution is -0.141. The van der Waals surface area contributed by atoms with Gasteiger partial charge in [-0.3, -0.25) is 28.8 Å². The number of rotatable bonds is 12. The van der Waals surface area contributed by atoms with E-state index in [0.29, 0.717) is 12.8 Å². The van der Waals surface area contributed by atoms with Crippen molar-refractivity contribution >= 4 is 35.6 Å². The number of aliphatic carboxylic acids is 2. The fourth-order valence-electron chi connectivity index (χ4n) is 3.03. The number of carbonyl (C=O) groups excluding carboxylic acids is 4.